The molecule has 29 heavy (non-hydrogen) atoms. The minimum absolute atomic E-state index is 0.0363. The number of aromatic nitrogens is 2. The van der Waals surface area contributed by atoms with E-state index in [4.69, 9.17) is 4.42 Å². The summed E-state index contributed by atoms with van der Waals surface area (Å²) in [6, 6.07) is 10.2. The van der Waals surface area contributed by atoms with Crippen molar-refractivity contribution in [3.8, 4) is 0 Å². The number of benzene rings is 1. The molecule has 0 saturated carbocycles. The van der Waals surface area contributed by atoms with Crippen LogP contribution < -0.4 is 10.2 Å². The van der Waals surface area contributed by atoms with Crippen molar-refractivity contribution >= 4 is 22.6 Å². The summed E-state index contributed by atoms with van der Waals surface area (Å²) in [7, 11) is 0. The highest BCUT2D eigenvalue weighted by atomic mass is 32.1. The minimum atomic E-state index is -0.256. The Labute approximate surface area is 173 Å². The number of carbonyl (C=O) groups is 1. The molecule has 0 radical (unpaired) electrons. The van der Waals surface area contributed by atoms with Gasteiger partial charge in [-0.3, -0.25) is 4.79 Å². The molecule has 3 aromatic rings. The number of rotatable bonds is 10. The molecule has 8 heteroatoms. The van der Waals surface area contributed by atoms with E-state index in [1.807, 2.05) is 6.07 Å². The van der Waals surface area contributed by atoms with Crippen LogP contribution in [0.2, 0.25) is 0 Å². The molecule has 1 aromatic carbocycles. The summed E-state index contributed by atoms with van der Waals surface area (Å²) in [6.45, 7) is 5.16. The molecule has 154 valence electrons. The molecule has 2 heterocycles. The number of amides is 1. The third-order valence-electron chi connectivity index (χ3n) is 4.72. The highest BCUT2D eigenvalue weighted by molar-refractivity contribution is 7.09. The van der Waals surface area contributed by atoms with Crippen LogP contribution in [0.1, 0.15) is 43.8 Å². The average molecular weight is 417 g/mol. The van der Waals surface area contributed by atoms with Gasteiger partial charge in [-0.1, -0.05) is 19.1 Å². The fourth-order valence-electron chi connectivity index (χ4n) is 2.85. The van der Waals surface area contributed by atoms with Crippen LogP contribution in [-0.4, -0.2) is 27.9 Å². The summed E-state index contributed by atoms with van der Waals surface area (Å²) >= 11 is 1.33. The highest BCUT2D eigenvalue weighted by Gasteiger charge is 2.19. The summed E-state index contributed by atoms with van der Waals surface area (Å²) in [4.78, 5) is 19.0. The van der Waals surface area contributed by atoms with Gasteiger partial charge < -0.3 is 14.6 Å². The lowest BCUT2D eigenvalue weighted by Crippen LogP contribution is -2.36. The quantitative estimate of drug-likeness (QED) is 0.537. The summed E-state index contributed by atoms with van der Waals surface area (Å²) in [5, 5.41) is 3.67. The van der Waals surface area contributed by atoms with E-state index in [2.05, 4.69) is 33.4 Å². The van der Waals surface area contributed by atoms with Crippen LogP contribution >= 0.6 is 11.5 Å². The molecule has 6 nitrogen and oxygen atoms in total. The molecule has 1 atom stereocenters. The second-order valence-electron chi connectivity index (χ2n) is 6.85. The highest BCUT2D eigenvalue weighted by Crippen LogP contribution is 2.22. The molecule has 2 aromatic heterocycles. The van der Waals surface area contributed by atoms with Crippen molar-refractivity contribution in [2.75, 3.05) is 11.4 Å². The maximum absolute atomic E-state index is 13.1. The number of halogens is 1. The first kappa shape index (κ1) is 21.0. The minimum Gasteiger partial charge on any atom is -0.467 e. The number of furan rings is 1. The van der Waals surface area contributed by atoms with Gasteiger partial charge in [-0.15, -0.1) is 0 Å². The Morgan fingerprint density at radius 3 is 2.79 bits per heavy atom. The number of nitrogens with one attached hydrogen (secondary N) is 1. The zero-order valence-electron chi connectivity index (χ0n) is 16.6. The lowest BCUT2D eigenvalue weighted by atomic mass is 10.1. The first-order chi connectivity index (χ1) is 14.0. The molecule has 1 unspecified atom stereocenters. The second-order valence-corrected chi connectivity index (χ2v) is 7.58. The van der Waals surface area contributed by atoms with E-state index in [1.165, 1.54) is 23.7 Å². The smallest absolute Gasteiger partial charge is 0.222 e. The predicted octanol–water partition coefficient (Wildman–Crippen LogP) is 4.17. The van der Waals surface area contributed by atoms with Crippen LogP contribution in [0.25, 0.3) is 0 Å². The first-order valence-electron chi connectivity index (χ1n) is 9.68. The molecule has 3 rings (SSSR count). The van der Waals surface area contributed by atoms with Crippen LogP contribution in [0.4, 0.5) is 9.52 Å². The van der Waals surface area contributed by atoms with E-state index in [0.29, 0.717) is 31.8 Å². The van der Waals surface area contributed by atoms with Crippen molar-refractivity contribution in [3.63, 3.8) is 0 Å². The van der Waals surface area contributed by atoms with Crippen molar-refractivity contribution in [2.24, 2.45) is 0 Å². The van der Waals surface area contributed by atoms with Gasteiger partial charge in [-0.05, 0) is 43.2 Å². The van der Waals surface area contributed by atoms with Crippen LogP contribution in [-0.2, 0) is 17.8 Å². The third kappa shape index (κ3) is 6.12. The zero-order valence-corrected chi connectivity index (χ0v) is 17.4. The van der Waals surface area contributed by atoms with Gasteiger partial charge in [-0.2, -0.15) is 4.37 Å². The predicted molar refractivity (Wildman–Crippen MR) is 111 cm³/mol. The molecule has 0 bridgehead atoms. The largest absolute Gasteiger partial charge is 0.467 e. The molecular formula is C21H25FN4O2S. The Kier molecular flexibility index (Phi) is 7.35. The second kappa shape index (κ2) is 10.2. The van der Waals surface area contributed by atoms with Gasteiger partial charge in [0, 0.05) is 37.0 Å². The van der Waals surface area contributed by atoms with Crippen LogP contribution in [0.3, 0.4) is 0 Å². The van der Waals surface area contributed by atoms with Gasteiger partial charge in [0.05, 0.1) is 12.8 Å². The molecule has 1 amide bonds. The fraction of sp³-hybridized carbons (Fsp3) is 0.381. The van der Waals surface area contributed by atoms with Gasteiger partial charge in [-0.25, -0.2) is 9.37 Å². The van der Waals surface area contributed by atoms with E-state index >= 15 is 0 Å². The molecule has 0 spiro atoms. The third-order valence-corrected chi connectivity index (χ3v) is 5.51. The van der Waals surface area contributed by atoms with E-state index in [0.717, 1.165) is 22.9 Å². The molecular weight excluding hydrogens is 391 g/mol. The standard InChI is InChI=1S/C21H25FN4O2S/c1-3-15(2)26(11-10-20(27)23-14-18-5-4-12-28-18)21-24-19(25-29-21)13-16-6-8-17(22)9-7-16/h4-9,12,15H,3,10-11,13-14H2,1-2H3,(H,23,27). The SMILES string of the molecule is CCC(C)N(CCC(=O)NCc1ccco1)c1nc(Cc2ccc(F)cc2)ns1. The number of hydrogen-bond donors (Lipinski definition) is 1. The van der Waals surface area contributed by atoms with E-state index in [-0.39, 0.29) is 17.8 Å². The van der Waals surface area contributed by atoms with Gasteiger partial charge in [0.1, 0.15) is 17.4 Å². The molecule has 0 aliphatic heterocycles. The molecule has 0 aliphatic rings. The molecule has 0 aliphatic carbocycles. The summed E-state index contributed by atoms with van der Waals surface area (Å²) in [6.07, 6.45) is 3.43. The molecule has 0 fully saturated rings. The van der Waals surface area contributed by atoms with Gasteiger partial charge in [0.2, 0.25) is 11.0 Å². The van der Waals surface area contributed by atoms with Crippen molar-refractivity contribution in [2.45, 2.75) is 45.7 Å². The fourth-order valence-corrected chi connectivity index (χ4v) is 3.67. The number of anilines is 1. The maximum atomic E-state index is 13.1. The number of carbonyl (C=O) groups excluding carboxylic acids is 1. The van der Waals surface area contributed by atoms with Crippen LogP contribution in [0.15, 0.2) is 47.1 Å². The Morgan fingerprint density at radius 1 is 1.31 bits per heavy atom. The summed E-state index contributed by atoms with van der Waals surface area (Å²) < 4.78 is 22.8. The van der Waals surface area contributed by atoms with Crippen molar-refractivity contribution in [3.05, 3.63) is 65.6 Å². The monoisotopic (exact) mass is 416 g/mol. The van der Waals surface area contributed by atoms with Crippen LogP contribution in [0, 0.1) is 5.82 Å². The Morgan fingerprint density at radius 2 is 2.10 bits per heavy atom. The molecule has 0 saturated heterocycles. The lowest BCUT2D eigenvalue weighted by Gasteiger charge is -2.27. The van der Waals surface area contributed by atoms with Crippen molar-refractivity contribution in [1.29, 1.82) is 0 Å². The van der Waals surface area contributed by atoms with Crippen molar-refractivity contribution < 1.29 is 13.6 Å². The molecule has 1 N–H and O–H groups in total. The lowest BCUT2D eigenvalue weighted by molar-refractivity contribution is -0.121. The van der Waals surface area contributed by atoms with Gasteiger partial charge in [0.25, 0.3) is 0 Å². The van der Waals surface area contributed by atoms with Crippen molar-refractivity contribution in [1.82, 2.24) is 14.7 Å². The Balaban J connectivity index is 1.58. The van der Waals surface area contributed by atoms with E-state index in [9.17, 15) is 9.18 Å². The Bertz CT molecular complexity index is 896. The number of hydrogen-bond acceptors (Lipinski definition) is 6. The topological polar surface area (TPSA) is 71.3 Å². The summed E-state index contributed by atoms with van der Waals surface area (Å²) in [5.74, 6) is 1.14. The van der Waals surface area contributed by atoms with Crippen LogP contribution in [0.5, 0.6) is 0 Å². The normalized spacial score (nSPS) is 12.0. The number of nitrogens with zero attached hydrogens (tertiary/aromatic N) is 3. The van der Waals surface area contributed by atoms with E-state index in [1.54, 1.807) is 24.5 Å². The Hall–Kier alpha value is -2.74. The van der Waals surface area contributed by atoms with E-state index < -0.39 is 0 Å². The maximum Gasteiger partial charge on any atom is 0.222 e. The first-order valence-corrected chi connectivity index (χ1v) is 10.4. The summed E-state index contributed by atoms with van der Waals surface area (Å²) in [5.41, 5.74) is 0.961. The van der Waals surface area contributed by atoms with Gasteiger partial charge in [0.15, 0.2) is 0 Å². The van der Waals surface area contributed by atoms with Gasteiger partial charge >= 0.3 is 0 Å². The average Bonchev–Trinajstić information content (AvgIpc) is 3.40. The zero-order chi connectivity index (χ0) is 20.6.